The molecule has 0 radical (unpaired) electrons. The van der Waals surface area contributed by atoms with E-state index in [1.54, 1.807) is 17.0 Å². The molecule has 0 bridgehead atoms. The molecule has 84 valence electrons. The first-order valence-electron chi connectivity index (χ1n) is 4.02. The molecule has 1 rings (SSSR count). The fourth-order valence-corrected chi connectivity index (χ4v) is 1.58. The molecule has 0 aromatic heterocycles. The number of alkyl halides is 3. The van der Waals surface area contributed by atoms with Gasteiger partial charge in [-0.3, -0.25) is 0 Å². The van der Waals surface area contributed by atoms with E-state index in [1.165, 1.54) is 6.07 Å². The van der Waals surface area contributed by atoms with Gasteiger partial charge >= 0.3 is 6.36 Å². The Balaban J connectivity index is 2.94. The molecule has 1 aromatic rings. The minimum Gasteiger partial charge on any atom is -0.405 e. The van der Waals surface area contributed by atoms with E-state index in [2.05, 4.69) is 4.74 Å². The molecule has 15 heavy (non-hydrogen) atoms. The molecule has 0 spiro atoms. The Morgan fingerprint density at radius 1 is 1.27 bits per heavy atom. The van der Waals surface area contributed by atoms with Gasteiger partial charge in [0.2, 0.25) is 0 Å². The van der Waals surface area contributed by atoms with Gasteiger partial charge in [0.25, 0.3) is 0 Å². The van der Waals surface area contributed by atoms with E-state index in [0.29, 0.717) is 3.57 Å². The van der Waals surface area contributed by atoms with E-state index in [-0.39, 0.29) is 5.75 Å². The van der Waals surface area contributed by atoms with Crippen molar-refractivity contribution in [2.75, 3.05) is 19.0 Å². The maximum absolute atomic E-state index is 11.9. The summed E-state index contributed by atoms with van der Waals surface area (Å²) in [4.78, 5) is 1.81. The Bertz CT molecular complexity index is 352. The van der Waals surface area contributed by atoms with Crippen LogP contribution in [-0.2, 0) is 0 Å². The summed E-state index contributed by atoms with van der Waals surface area (Å²) in [6.45, 7) is 0. The van der Waals surface area contributed by atoms with Crippen LogP contribution in [0, 0.1) is 3.57 Å². The zero-order chi connectivity index (χ0) is 11.6. The van der Waals surface area contributed by atoms with Crippen molar-refractivity contribution in [2.45, 2.75) is 6.36 Å². The molecule has 1 aromatic carbocycles. The maximum Gasteiger partial charge on any atom is 0.573 e. The van der Waals surface area contributed by atoms with E-state index in [0.717, 1.165) is 5.69 Å². The smallest absolute Gasteiger partial charge is 0.405 e. The minimum absolute atomic E-state index is 0.172. The van der Waals surface area contributed by atoms with Gasteiger partial charge in [0.05, 0.1) is 3.57 Å². The van der Waals surface area contributed by atoms with Crippen LogP contribution in [0.1, 0.15) is 0 Å². The molecule has 0 aliphatic carbocycles. The van der Waals surface area contributed by atoms with Gasteiger partial charge in [-0.15, -0.1) is 13.2 Å². The van der Waals surface area contributed by atoms with Crippen LogP contribution in [0.5, 0.6) is 5.75 Å². The number of rotatable bonds is 2. The Hall–Kier alpha value is -0.660. The van der Waals surface area contributed by atoms with Gasteiger partial charge in [-0.25, -0.2) is 0 Å². The Kier molecular flexibility index (Phi) is 3.69. The molecule has 0 aliphatic rings. The van der Waals surface area contributed by atoms with Crippen molar-refractivity contribution >= 4 is 28.3 Å². The number of halogens is 4. The fraction of sp³-hybridized carbons (Fsp3) is 0.333. The summed E-state index contributed by atoms with van der Waals surface area (Å²) in [5, 5.41) is 0. The fourth-order valence-electron chi connectivity index (χ4n) is 0.975. The van der Waals surface area contributed by atoms with Crippen molar-refractivity contribution in [3.63, 3.8) is 0 Å². The molecule has 0 N–H and O–H groups in total. The van der Waals surface area contributed by atoms with Gasteiger partial charge < -0.3 is 9.64 Å². The van der Waals surface area contributed by atoms with Crippen LogP contribution in [-0.4, -0.2) is 20.5 Å². The van der Waals surface area contributed by atoms with Crippen molar-refractivity contribution in [3.05, 3.63) is 21.8 Å². The summed E-state index contributed by atoms with van der Waals surface area (Å²) in [5.41, 5.74) is 0.828. The van der Waals surface area contributed by atoms with Crippen LogP contribution in [0.25, 0.3) is 0 Å². The van der Waals surface area contributed by atoms with Gasteiger partial charge in [0.15, 0.2) is 0 Å². The second-order valence-corrected chi connectivity index (χ2v) is 4.22. The lowest BCUT2D eigenvalue weighted by Crippen LogP contribution is -2.18. The molecule has 0 fully saturated rings. The quantitative estimate of drug-likeness (QED) is 0.772. The lowest BCUT2D eigenvalue weighted by atomic mass is 10.3. The van der Waals surface area contributed by atoms with Crippen molar-refractivity contribution < 1.29 is 17.9 Å². The number of nitrogens with zero attached hydrogens (tertiary/aromatic N) is 1. The van der Waals surface area contributed by atoms with Crippen LogP contribution in [0.2, 0.25) is 0 Å². The maximum atomic E-state index is 11.9. The van der Waals surface area contributed by atoms with E-state index >= 15 is 0 Å². The zero-order valence-electron chi connectivity index (χ0n) is 8.10. The highest BCUT2D eigenvalue weighted by Crippen LogP contribution is 2.30. The van der Waals surface area contributed by atoms with Crippen LogP contribution in [0.4, 0.5) is 18.9 Å². The second kappa shape index (κ2) is 4.46. The average Bonchev–Trinajstić information content (AvgIpc) is 2.05. The summed E-state index contributed by atoms with van der Waals surface area (Å²) in [6.07, 6.45) is -4.64. The first-order valence-corrected chi connectivity index (χ1v) is 5.10. The van der Waals surface area contributed by atoms with Gasteiger partial charge in [-0.2, -0.15) is 0 Å². The molecule has 0 heterocycles. The first kappa shape index (κ1) is 12.4. The standard InChI is InChI=1S/C9H9F3INO/c1-14(2)6-3-4-8(7(13)5-6)15-9(10,11)12/h3-5H,1-2H3. The molecule has 0 atom stereocenters. The highest BCUT2D eigenvalue weighted by Gasteiger charge is 2.31. The van der Waals surface area contributed by atoms with Crippen molar-refractivity contribution in [1.29, 1.82) is 0 Å². The Morgan fingerprint density at radius 3 is 2.27 bits per heavy atom. The summed E-state index contributed by atoms with van der Waals surface area (Å²) in [7, 11) is 3.63. The summed E-state index contributed by atoms with van der Waals surface area (Å²) < 4.78 is 40.1. The molecular formula is C9H9F3INO. The van der Waals surface area contributed by atoms with Crippen molar-refractivity contribution in [1.82, 2.24) is 0 Å². The number of benzene rings is 1. The molecule has 0 amide bonds. The van der Waals surface area contributed by atoms with Crippen LogP contribution < -0.4 is 9.64 Å². The number of anilines is 1. The predicted octanol–water partition coefficient (Wildman–Crippen LogP) is 3.26. The average molecular weight is 331 g/mol. The minimum atomic E-state index is -4.64. The third-order valence-corrected chi connectivity index (χ3v) is 2.50. The molecule has 0 saturated carbocycles. The summed E-state index contributed by atoms with van der Waals surface area (Å²) in [6, 6.07) is 4.51. The lowest BCUT2D eigenvalue weighted by molar-refractivity contribution is -0.274. The van der Waals surface area contributed by atoms with Gasteiger partial charge in [0.1, 0.15) is 5.75 Å². The van der Waals surface area contributed by atoms with Crippen molar-refractivity contribution in [3.8, 4) is 5.75 Å². The highest BCUT2D eigenvalue weighted by atomic mass is 127. The normalized spacial score (nSPS) is 11.3. The number of ether oxygens (including phenoxy) is 1. The molecule has 0 unspecified atom stereocenters. The third kappa shape index (κ3) is 3.77. The largest absolute Gasteiger partial charge is 0.573 e. The van der Waals surface area contributed by atoms with E-state index in [1.807, 2.05) is 36.7 Å². The second-order valence-electron chi connectivity index (χ2n) is 3.06. The SMILES string of the molecule is CN(C)c1ccc(OC(F)(F)F)c(I)c1. The summed E-state index contributed by atoms with van der Waals surface area (Å²) >= 11 is 1.81. The van der Waals surface area contributed by atoms with Gasteiger partial charge in [-0.05, 0) is 40.8 Å². The zero-order valence-corrected chi connectivity index (χ0v) is 10.3. The molecular weight excluding hydrogens is 322 g/mol. The number of hydrogen-bond acceptors (Lipinski definition) is 2. The van der Waals surface area contributed by atoms with Gasteiger partial charge in [-0.1, -0.05) is 0 Å². The monoisotopic (exact) mass is 331 g/mol. The predicted molar refractivity (Wildman–Crippen MR) is 60.2 cm³/mol. The summed E-state index contributed by atoms with van der Waals surface area (Å²) in [5.74, 6) is -0.172. The third-order valence-electron chi connectivity index (χ3n) is 1.66. The number of hydrogen-bond donors (Lipinski definition) is 0. The van der Waals surface area contributed by atoms with E-state index in [9.17, 15) is 13.2 Å². The lowest BCUT2D eigenvalue weighted by Gasteiger charge is -2.15. The van der Waals surface area contributed by atoms with Crippen LogP contribution in [0.15, 0.2) is 18.2 Å². The van der Waals surface area contributed by atoms with E-state index < -0.39 is 6.36 Å². The molecule has 0 saturated heterocycles. The molecule has 6 heteroatoms. The first-order chi connectivity index (χ1) is 6.79. The van der Waals surface area contributed by atoms with Crippen LogP contribution in [0.3, 0.4) is 0 Å². The Morgan fingerprint density at radius 2 is 1.87 bits per heavy atom. The molecule has 0 aliphatic heterocycles. The topological polar surface area (TPSA) is 12.5 Å². The molecule has 2 nitrogen and oxygen atoms in total. The van der Waals surface area contributed by atoms with Gasteiger partial charge in [0, 0.05) is 19.8 Å². The Labute approximate surface area is 99.2 Å². The highest BCUT2D eigenvalue weighted by molar-refractivity contribution is 14.1. The van der Waals surface area contributed by atoms with E-state index in [4.69, 9.17) is 0 Å². The van der Waals surface area contributed by atoms with Crippen molar-refractivity contribution in [2.24, 2.45) is 0 Å². The van der Waals surface area contributed by atoms with Crippen LogP contribution >= 0.6 is 22.6 Å².